The number of halogens is 2. The Balaban J connectivity index is -0.000000405. The lowest BCUT2D eigenvalue weighted by Crippen LogP contribution is -2.48. The Hall–Kier alpha value is 0.500. The van der Waals surface area contributed by atoms with Crippen molar-refractivity contribution in [1.82, 2.24) is 4.90 Å². The average molecular weight is 217 g/mol. The van der Waals surface area contributed by atoms with Crippen molar-refractivity contribution in [1.29, 1.82) is 0 Å². The SMILES string of the molecule is CCN(CC)C(C)(C)CN.Cl.Cl. The van der Waals surface area contributed by atoms with Crippen molar-refractivity contribution < 1.29 is 0 Å². The Labute approximate surface area is 88.7 Å². The van der Waals surface area contributed by atoms with Crippen molar-refractivity contribution in [3.05, 3.63) is 0 Å². The minimum Gasteiger partial charge on any atom is -0.329 e. The molecule has 0 spiro atoms. The van der Waals surface area contributed by atoms with E-state index in [0.29, 0.717) is 0 Å². The van der Waals surface area contributed by atoms with E-state index >= 15 is 0 Å². The van der Waals surface area contributed by atoms with Gasteiger partial charge in [0.25, 0.3) is 0 Å². The summed E-state index contributed by atoms with van der Waals surface area (Å²) in [5.74, 6) is 0. The second kappa shape index (κ2) is 8.11. The maximum atomic E-state index is 5.62. The van der Waals surface area contributed by atoms with E-state index in [1.54, 1.807) is 0 Å². The van der Waals surface area contributed by atoms with Crippen molar-refractivity contribution >= 4 is 24.8 Å². The quantitative estimate of drug-likeness (QED) is 0.779. The highest BCUT2D eigenvalue weighted by molar-refractivity contribution is 5.85. The number of rotatable bonds is 4. The fourth-order valence-electron chi connectivity index (χ4n) is 1.21. The molecule has 0 aromatic heterocycles. The normalized spacial score (nSPS) is 10.5. The molecule has 0 saturated carbocycles. The molecule has 0 amide bonds. The zero-order valence-corrected chi connectivity index (χ0v) is 10.1. The second-order valence-electron chi connectivity index (χ2n) is 3.19. The van der Waals surface area contributed by atoms with Crippen molar-refractivity contribution in [3.63, 3.8) is 0 Å². The first-order valence-electron chi connectivity index (χ1n) is 4.03. The van der Waals surface area contributed by atoms with Gasteiger partial charge in [0, 0.05) is 12.1 Å². The standard InChI is InChI=1S/C8H20N2.2ClH/c1-5-10(6-2)8(3,4)7-9;;/h5-7,9H2,1-4H3;2*1H. The van der Waals surface area contributed by atoms with Gasteiger partial charge in [-0.2, -0.15) is 0 Å². The molecule has 2 nitrogen and oxygen atoms in total. The van der Waals surface area contributed by atoms with Crippen molar-refractivity contribution in [2.24, 2.45) is 5.73 Å². The molecule has 0 radical (unpaired) electrons. The van der Waals surface area contributed by atoms with E-state index in [9.17, 15) is 0 Å². The molecule has 2 N–H and O–H groups in total. The van der Waals surface area contributed by atoms with Gasteiger partial charge >= 0.3 is 0 Å². The van der Waals surface area contributed by atoms with Crippen LogP contribution in [0.25, 0.3) is 0 Å². The van der Waals surface area contributed by atoms with Crippen LogP contribution >= 0.6 is 24.8 Å². The molecule has 0 rings (SSSR count). The van der Waals surface area contributed by atoms with Crippen LogP contribution in [-0.4, -0.2) is 30.1 Å². The maximum Gasteiger partial charge on any atom is 0.0275 e. The van der Waals surface area contributed by atoms with Crippen LogP contribution in [0.15, 0.2) is 0 Å². The predicted octanol–water partition coefficient (Wildman–Crippen LogP) is 1.91. The molecule has 4 heteroatoms. The summed E-state index contributed by atoms with van der Waals surface area (Å²) in [5.41, 5.74) is 5.79. The molecule has 0 bridgehead atoms. The van der Waals surface area contributed by atoms with Crippen LogP contribution in [0.5, 0.6) is 0 Å². The minimum absolute atomic E-state index is 0. The summed E-state index contributed by atoms with van der Waals surface area (Å²) in [7, 11) is 0. The van der Waals surface area contributed by atoms with Crippen LogP contribution < -0.4 is 5.73 Å². The summed E-state index contributed by atoms with van der Waals surface area (Å²) >= 11 is 0. The summed E-state index contributed by atoms with van der Waals surface area (Å²) in [6.07, 6.45) is 0. The Morgan fingerprint density at radius 1 is 1.08 bits per heavy atom. The zero-order chi connectivity index (χ0) is 8.20. The summed E-state index contributed by atoms with van der Waals surface area (Å²) in [5, 5.41) is 0. The first kappa shape index (κ1) is 18.3. The van der Waals surface area contributed by atoms with Gasteiger partial charge in [0.1, 0.15) is 0 Å². The third-order valence-corrected chi connectivity index (χ3v) is 2.12. The van der Waals surface area contributed by atoms with Gasteiger partial charge in [-0.3, -0.25) is 4.90 Å². The molecule has 0 aliphatic heterocycles. The van der Waals surface area contributed by atoms with Crippen LogP contribution in [0.3, 0.4) is 0 Å². The third-order valence-electron chi connectivity index (χ3n) is 2.12. The lowest BCUT2D eigenvalue weighted by molar-refractivity contribution is 0.143. The monoisotopic (exact) mass is 216 g/mol. The largest absolute Gasteiger partial charge is 0.329 e. The summed E-state index contributed by atoms with van der Waals surface area (Å²) < 4.78 is 0. The molecule has 0 fully saturated rings. The van der Waals surface area contributed by atoms with Crippen molar-refractivity contribution in [2.75, 3.05) is 19.6 Å². The summed E-state index contributed by atoms with van der Waals surface area (Å²) in [6.45, 7) is 11.6. The Morgan fingerprint density at radius 3 is 1.50 bits per heavy atom. The van der Waals surface area contributed by atoms with Crippen LogP contribution in [-0.2, 0) is 0 Å². The van der Waals surface area contributed by atoms with Gasteiger partial charge in [-0.1, -0.05) is 13.8 Å². The molecule has 0 saturated heterocycles. The van der Waals surface area contributed by atoms with E-state index in [1.165, 1.54) is 0 Å². The fraction of sp³-hybridized carbons (Fsp3) is 1.00. The summed E-state index contributed by atoms with van der Waals surface area (Å²) in [4.78, 5) is 2.37. The lowest BCUT2D eigenvalue weighted by atomic mass is 10.0. The number of nitrogens with zero attached hydrogens (tertiary/aromatic N) is 1. The molecular formula is C8H22Cl2N2. The van der Waals surface area contributed by atoms with Gasteiger partial charge < -0.3 is 5.73 Å². The van der Waals surface area contributed by atoms with Crippen molar-refractivity contribution in [2.45, 2.75) is 33.2 Å². The number of nitrogens with two attached hydrogens (primary N) is 1. The van der Waals surface area contributed by atoms with E-state index < -0.39 is 0 Å². The van der Waals surface area contributed by atoms with Gasteiger partial charge in [0.05, 0.1) is 0 Å². The maximum absolute atomic E-state index is 5.62. The molecule has 0 atom stereocenters. The number of hydrogen-bond acceptors (Lipinski definition) is 2. The van der Waals surface area contributed by atoms with Crippen LogP contribution in [0.2, 0.25) is 0 Å². The third kappa shape index (κ3) is 5.20. The predicted molar refractivity (Wildman–Crippen MR) is 60.6 cm³/mol. The van der Waals surface area contributed by atoms with E-state index in [0.717, 1.165) is 19.6 Å². The smallest absolute Gasteiger partial charge is 0.0275 e. The van der Waals surface area contributed by atoms with Gasteiger partial charge in [-0.15, -0.1) is 24.8 Å². The van der Waals surface area contributed by atoms with Gasteiger partial charge in [0.2, 0.25) is 0 Å². The van der Waals surface area contributed by atoms with Gasteiger partial charge in [-0.25, -0.2) is 0 Å². The van der Waals surface area contributed by atoms with Gasteiger partial charge in [-0.05, 0) is 26.9 Å². The first-order valence-corrected chi connectivity index (χ1v) is 4.03. The highest BCUT2D eigenvalue weighted by atomic mass is 35.5. The molecule has 0 aliphatic carbocycles. The van der Waals surface area contributed by atoms with Crippen LogP contribution in [0.1, 0.15) is 27.7 Å². The second-order valence-corrected chi connectivity index (χ2v) is 3.19. The molecule has 0 heterocycles. The highest BCUT2D eigenvalue weighted by Gasteiger charge is 2.21. The first-order chi connectivity index (χ1) is 4.58. The molecule has 0 aliphatic rings. The molecule has 0 aromatic carbocycles. The molecule has 0 unspecified atom stereocenters. The molecule has 0 aromatic rings. The Kier molecular flexibility index (Phi) is 12.4. The topological polar surface area (TPSA) is 29.3 Å². The van der Waals surface area contributed by atoms with E-state index in [2.05, 4.69) is 32.6 Å². The van der Waals surface area contributed by atoms with E-state index in [-0.39, 0.29) is 30.4 Å². The van der Waals surface area contributed by atoms with Crippen LogP contribution in [0.4, 0.5) is 0 Å². The van der Waals surface area contributed by atoms with E-state index in [4.69, 9.17) is 5.73 Å². The Bertz CT molecular complexity index is 93.1. The van der Waals surface area contributed by atoms with E-state index in [1.807, 2.05) is 0 Å². The van der Waals surface area contributed by atoms with Crippen LogP contribution in [0, 0.1) is 0 Å². The van der Waals surface area contributed by atoms with Gasteiger partial charge in [0.15, 0.2) is 0 Å². The molecular weight excluding hydrogens is 195 g/mol. The molecule has 78 valence electrons. The van der Waals surface area contributed by atoms with Crippen molar-refractivity contribution in [3.8, 4) is 0 Å². The minimum atomic E-state index is 0. The highest BCUT2D eigenvalue weighted by Crippen LogP contribution is 2.10. The molecule has 12 heavy (non-hydrogen) atoms. The zero-order valence-electron chi connectivity index (χ0n) is 8.46. The Morgan fingerprint density at radius 2 is 1.42 bits per heavy atom. The fourth-order valence-corrected chi connectivity index (χ4v) is 1.21. The summed E-state index contributed by atoms with van der Waals surface area (Å²) in [6, 6.07) is 0. The number of likely N-dealkylation sites (N-methyl/N-ethyl adjacent to an activating group) is 1. The average Bonchev–Trinajstić information content (AvgIpc) is 1.90. The lowest BCUT2D eigenvalue weighted by Gasteiger charge is -2.35. The number of hydrogen-bond donors (Lipinski definition) is 1.